The normalized spacial score (nSPS) is 10.5. The maximum atomic E-state index is 12.9. The number of benzene rings is 1. The van der Waals surface area contributed by atoms with E-state index in [0.29, 0.717) is 28.7 Å². The molecule has 0 atom stereocenters. The Morgan fingerprint density at radius 3 is 2.25 bits per heavy atom. The van der Waals surface area contributed by atoms with Crippen LogP contribution in [0.15, 0.2) is 30.3 Å². The topological polar surface area (TPSA) is 150 Å². The maximum absolute atomic E-state index is 12.9. The molecule has 0 bridgehead atoms. The molecule has 0 aliphatic rings. The van der Waals surface area contributed by atoms with Crippen molar-refractivity contribution in [2.24, 2.45) is 5.73 Å². The number of aliphatic carboxylic acids is 1. The summed E-state index contributed by atoms with van der Waals surface area (Å²) in [7, 11) is 3.14. The summed E-state index contributed by atoms with van der Waals surface area (Å²) in [5.74, 6) is 0.796. The SMILES string of the molecule is CC(=O)O.COc1ccc(CN(C(=O)OC(C)(C)C)c2ccc(N)c(CN)n2)c(OC)c1. The minimum absolute atomic E-state index is 0.160. The Kier molecular flexibility index (Phi) is 9.73. The zero-order valence-corrected chi connectivity index (χ0v) is 19.3. The van der Waals surface area contributed by atoms with E-state index in [1.807, 2.05) is 6.07 Å². The number of nitrogen functional groups attached to an aromatic ring is 1. The summed E-state index contributed by atoms with van der Waals surface area (Å²) in [6.45, 7) is 6.84. The molecule has 0 saturated carbocycles. The van der Waals surface area contributed by atoms with Gasteiger partial charge in [-0.1, -0.05) is 0 Å². The largest absolute Gasteiger partial charge is 0.497 e. The highest BCUT2D eigenvalue weighted by atomic mass is 16.6. The van der Waals surface area contributed by atoms with E-state index in [2.05, 4.69) is 4.98 Å². The number of carbonyl (C=O) groups excluding carboxylic acids is 1. The number of amides is 1. The second-order valence-electron chi connectivity index (χ2n) is 7.67. The molecular formula is C22H32N4O6. The molecule has 1 aromatic heterocycles. The van der Waals surface area contributed by atoms with E-state index in [-0.39, 0.29) is 13.1 Å². The number of hydrogen-bond acceptors (Lipinski definition) is 8. The van der Waals surface area contributed by atoms with Gasteiger partial charge in [-0.15, -0.1) is 0 Å². The summed E-state index contributed by atoms with van der Waals surface area (Å²) >= 11 is 0. The lowest BCUT2D eigenvalue weighted by Crippen LogP contribution is -2.37. The maximum Gasteiger partial charge on any atom is 0.416 e. The van der Waals surface area contributed by atoms with E-state index in [1.165, 1.54) is 4.90 Å². The lowest BCUT2D eigenvalue weighted by Gasteiger charge is -2.27. The highest BCUT2D eigenvalue weighted by molar-refractivity contribution is 5.87. The summed E-state index contributed by atoms with van der Waals surface area (Å²) in [6.07, 6.45) is -0.536. The van der Waals surface area contributed by atoms with E-state index in [9.17, 15) is 4.79 Å². The number of carbonyl (C=O) groups is 2. The molecule has 2 aromatic rings. The van der Waals surface area contributed by atoms with Crippen molar-refractivity contribution in [1.29, 1.82) is 0 Å². The molecule has 0 aliphatic heterocycles. The summed E-state index contributed by atoms with van der Waals surface area (Å²) in [4.78, 5) is 27.8. The average Bonchev–Trinajstić information content (AvgIpc) is 2.70. The molecule has 0 saturated heterocycles. The Morgan fingerprint density at radius 2 is 1.75 bits per heavy atom. The van der Waals surface area contributed by atoms with Crippen molar-refractivity contribution in [3.05, 3.63) is 41.6 Å². The summed E-state index contributed by atoms with van der Waals surface area (Å²) in [6, 6.07) is 8.72. The number of carboxylic acids is 1. The zero-order chi connectivity index (χ0) is 24.5. The minimum Gasteiger partial charge on any atom is -0.497 e. The van der Waals surface area contributed by atoms with Gasteiger partial charge in [0, 0.05) is 25.1 Å². The first kappa shape index (κ1) is 26.5. The van der Waals surface area contributed by atoms with Crippen LogP contribution < -0.4 is 25.8 Å². The predicted octanol–water partition coefficient (Wildman–Crippen LogP) is 3.17. The van der Waals surface area contributed by atoms with Gasteiger partial charge in [0.05, 0.1) is 32.1 Å². The van der Waals surface area contributed by atoms with Gasteiger partial charge in [-0.2, -0.15) is 0 Å². The van der Waals surface area contributed by atoms with Crippen molar-refractivity contribution in [3.63, 3.8) is 0 Å². The first-order valence-corrected chi connectivity index (χ1v) is 9.78. The number of nitrogens with zero attached hydrogens (tertiary/aromatic N) is 2. The fourth-order valence-corrected chi connectivity index (χ4v) is 2.52. The monoisotopic (exact) mass is 448 g/mol. The second-order valence-corrected chi connectivity index (χ2v) is 7.67. The smallest absolute Gasteiger partial charge is 0.416 e. The van der Waals surface area contributed by atoms with Crippen molar-refractivity contribution in [1.82, 2.24) is 4.98 Å². The molecule has 1 aromatic carbocycles. The second kappa shape index (κ2) is 11.8. The number of methoxy groups -OCH3 is 2. The molecule has 1 amide bonds. The van der Waals surface area contributed by atoms with E-state index in [1.54, 1.807) is 59.3 Å². The van der Waals surface area contributed by atoms with Gasteiger partial charge in [0.15, 0.2) is 0 Å². The Hall–Kier alpha value is -3.53. The lowest BCUT2D eigenvalue weighted by molar-refractivity contribution is -0.134. The molecule has 32 heavy (non-hydrogen) atoms. The molecule has 2 rings (SSSR count). The third kappa shape index (κ3) is 8.31. The van der Waals surface area contributed by atoms with Crippen LogP contribution in [0.2, 0.25) is 0 Å². The van der Waals surface area contributed by atoms with Crippen molar-refractivity contribution >= 4 is 23.6 Å². The van der Waals surface area contributed by atoms with Gasteiger partial charge in [0.1, 0.15) is 22.9 Å². The van der Waals surface area contributed by atoms with Crippen LogP contribution in [0.1, 0.15) is 39.0 Å². The van der Waals surface area contributed by atoms with Crippen LogP contribution in [0.3, 0.4) is 0 Å². The van der Waals surface area contributed by atoms with Crippen LogP contribution in [-0.4, -0.2) is 42.0 Å². The number of anilines is 2. The van der Waals surface area contributed by atoms with Gasteiger partial charge in [0.25, 0.3) is 5.97 Å². The molecule has 0 unspecified atom stereocenters. The summed E-state index contributed by atoms with van der Waals surface area (Å²) < 4.78 is 16.3. The van der Waals surface area contributed by atoms with Gasteiger partial charge in [-0.05, 0) is 45.0 Å². The highest BCUT2D eigenvalue weighted by Crippen LogP contribution is 2.28. The van der Waals surface area contributed by atoms with Crippen LogP contribution in [0, 0.1) is 0 Å². The Morgan fingerprint density at radius 1 is 1.12 bits per heavy atom. The number of nitrogens with two attached hydrogens (primary N) is 2. The van der Waals surface area contributed by atoms with Gasteiger partial charge in [-0.3, -0.25) is 9.69 Å². The molecule has 0 spiro atoms. The molecule has 0 aliphatic carbocycles. The molecular weight excluding hydrogens is 416 g/mol. The third-order valence-electron chi connectivity index (χ3n) is 3.90. The quantitative estimate of drug-likeness (QED) is 0.605. The van der Waals surface area contributed by atoms with Crippen LogP contribution in [0.25, 0.3) is 0 Å². The van der Waals surface area contributed by atoms with E-state index < -0.39 is 17.7 Å². The zero-order valence-electron chi connectivity index (χ0n) is 19.3. The first-order valence-electron chi connectivity index (χ1n) is 9.78. The van der Waals surface area contributed by atoms with E-state index >= 15 is 0 Å². The first-order chi connectivity index (χ1) is 14.9. The van der Waals surface area contributed by atoms with Crippen molar-refractivity contribution < 1.29 is 28.9 Å². The van der Waals surface area contributed by atoms with Gasteiger partial charge in [0.2, 0.25) is 0 Å². The number of hydrogen-bond donors (Lipinski definition) is 3. The number of carboxylic acid groups (broad SMARTS) is 1. The standard InChI is InChI=1S/C20H28N4O4.C2H4O2/c1-20(2,3)28-19(25)24(18-9-8-15(22)16(11-21)23-18)12-13-6-7-14(26-4)10-17(13)27-5;1-2(3)4/h6-10H,11-12,21-22H2,1-5H3;1H3,(H,3,4). The van der Waals surface area contributed by atoms with E-state index in [0.717, 1.165) is 12.5 Å². The molecule has 10 nitrogen and oxygen atoms in total. The van der Waals surface area contributed by atoms with Crippen LogP contribution in [0.4, 0.5) is 16.3 Å². The molecule has 0 radical (unpaired) electrons. The summed E-state index contributed by atoms with van der Waals surface area (Å²) in [5, 5.41) is 7.42. The number of aromatic nitrogens is 1. The Balaban J connectivity index is 0.00000118. The lowest BCUT2D eigenvalue weighted by atomic mass is 10.1. The molecule has 176 valence electrons. The minimum atomic E-state index is -0.833. The predicted molar refractivity (Wildman–Crippen MR) is 122 cm³/mol. The van der Waals surface area contributed by atoms with Gasteiger partial charge in [-0.25, -0.2) is 9.78 Å². The molecule has 1 heterocycles. The number of ether oxygens (including phenoxy) is 3. The molecule has 0 fully saturated rings. The third-order valence-corrected chi connectivity index (χ3v) is 3.90. The van der Waals surface area contributed by atoms with Gasteiger partial charge < -0.3 is 30.8 Å². The fraction of sp³-hybridized carbons (Fsp3) is 0.409. The van der Waals surface area contributed by atoms with E-state index in [4.69, 9.17) is 35.6 Å². The van der Waals surface area contributed by atoms with Crippen LogP contribution >= 0.6 is 0 Å². The Labute approximate surface area is 188 Å². The molecule has 10 heteroatoms. The van der Waals surface area contributed by atoms with Crippen LogP contribution in [0.5, 0.6) is 11.5 Å². The Bertz CT molecular complexity index is 923. The van der Waals surface area contributed by atoms with Crippen LogP contribution in [-0.2, 0) is 22.6 Å². The van der Waals surface area contributed by atoms with Crippen molar-refractivity contribution in [2.45, 2.75) is 46.4 Å². The molecule has 5 N–H and O–H groups in total. The van der Waals surface area contributed by atoms with Crippen molar-refractivity contribution in [3.8, 4) is 11.5 Å². The number of pyridine rings is 1. The number of rotatable bonds is 6. The van der Waals surface area contributed by atoms with Crippen molar-refractivity contribution in [2.75, 3.05) is 24.9 Å². The summed E-state index contributed by atoms with van der Waals surface area (Å²) in [5.41, 5.74) is 12.7. The highest BCUT2D eigenvalue weighted by Gasteiger charge is 2.26. The van der Waals surface area contributed by atoms with Gasteiger partial charge >= 0.3 is 6.09 Å². The average molecular weight is 449 g/mol. The fourth-order valence-electron chi connectivity index (χ4n) is 2.52.